The zero-order valence-electron chi connectivity index (χ0n) is 12.3. The van der Waals surface area contributed by atoms with Gasteiger partial charge in [0.2, 0.25) is 5.91 Å². The van der Waals surface area contributed by atoms with E-state index in [4.69, 9.17) is 0 Å². The molecule has 2 fully saturated rings. The van der Waals surface area contributed by atoms with Crippen molar-refractivity contribution in [1.29, 1.82) is 0 Å². The molecule has 1 aromatic carbocycles. The van der Waals surface area contributed by atoms with Crippen molar-refractivity contribution in [3.05, 3.63) is 29.6 Å². The monoisotopic (exact) mass is 290 g/mol. The van der Waals surface area contributed by atoms with Gasteiger partial charge in [0, 0.05) is 18.7 Å². The molecule has 2 amide bonds. The number of nitrogens with zero attached hydrogens (tertiary/aromatic N) is 1. The minimum Gasteiger partial charge on any atom is -0.342 e. The molecule has 2 aliphatic rings. The maximum Gasteiger partial charge on any atom is 0.252 e. The molecule has 1 N–H and O–H groups in total. The molecule has 112 valence electrons. The highest BCUT2D eigenvalue weighted by molar-refractivity contribution is 6.04. The van der Waals surface area contributed by atoms with E-state index in [1.54, 1.807) is 30.9 Å². The van der Waals surface area contributed by atoms with Crippen LogP contribution < -0.4 is 10.2 Å². The molecule has 21 heavy (non-hydrogen) atoms. The lowest BCUT2D eigenvalue weighted by molar-refractivity contribution is -0.130. The van der Waals surface area contributed by atoms with Gasteiger partial charge in [-0.05, 0) is 56.4 Å². The van der Waals surface area contributed by atoms with Gasteiger partial charge in [0.05, 0.1) is 0 Å². The summed E-state index contributed by atoms with van der Waals surface area (Å²) in [7, 11) is 0. The maximum absolute atomic E-state index is 13.4. The van der Waals surface area contributed by atoms with Crippen molar-refractivity contribution >= 4 is 17.5 Å². The van der Waals surface area contributed by atoms with Gasteiger partial charge in [0.25, 0.3) is 5.91 Å². The molecule has 0 spiro atoms. The van der Waals surface area contributed by atoms with Crippen LogP contribution in [0.15, 0.2) is 18.2 Å². The third kappa shape index (κ3) is 2.41. The van der Waals surface area contributed by atoms with Gasteiger partial charge in [-0.15, -0.1) is 0 Å². The summed E-state index contributed by atoms with van der Waals surface area (Å²) in [6.45, 7) is 3.81. The van der Waals surface area contributed by atoms with Crippen molar-refractivity contribution in [1.82, 2.24) is 5.32 Å². The average Bonchev–Trinajstić information content (AvgIpc) is 3.26. The van der Waals surface area contributed by atoms with Crippen LogP contribution in [0.5, 0.6) is 0 Å². The van der Waals surface area contributed by atoms with Gasteiger partial charge in [-0.3, -0.25) is 9.59 Å². The van der Waals surface area contributed by atoms with Crippen LogP contribution >= 0.6 is 0 Å². The van der Waals surface area contributed by atoms with Crippen molar-refractivity contribution in [2.24, 2.45) is 5.92 Å². The number of hydrogen-bond donors (Lipinski definition) is 1. The molecule has 0 aromatic heterocycles. The summed E-state index contributed by atoms with van der Waals surface area (Å²) in [6, 6.07) is 4.63. The highest BCUT2D eigenvalue weighted by atomic mass is 19.1. The van der Waals surface area contributed by atoms with Gasteiger partial charge in [-0.25, -0.2) is 4.39 Å². The Labute approximate surface area is 123 Å². The normalized spacial score (nSPS) is 26.5. The molecular weight excluding hydrogens is 271 g/mol. The van der Waals surface area contributed by atoms with E-state index in [0.717, 1.165) is 12.8 Å². The van der Waals surface area contributed by atoms with E-state index < -0.39 is 5.54 Å². The fourth-order valence-electron chi connectivity index (χ4n) is 2.98. The summed E-state index contributed by atoms with van der Waals surface area (Å²) < 4.78 is 13.4. The fraction of sp³-hybridized carbons (Fsp3) is 0.500. The van der Waals surface area contributed by atoms with E-state index >= 15 is 0 Å². The maximum atomic E-state index is 13.4. The molecule has 3 rings (SSSR count). The van der Waals surface area contributed by atoms with E-state index in [1.165, 1.54) is 6.07 Å². The lowest BCUT2D eigenvalue weighted by Gasteiger charge is -2.32. The van der Waals surface area contributed by atoms with Crippen LogP contribution in [-0.4, -0.2) is 23.9 Å². The first kappa shape index (κ1) is 14.0. The number of carbonyl (C=O) groups excluding carboxylic acids is 2. The first-order valence-electron chi connectivity index (χ1n) is 7.31. The Hall–Kier alpha value is -1.91. The summed E-state index contributed by atoms with van der Waals surface area (Å²) in [6.07, 6.45) is 2.18. The van der Waals surface area contributed by atoms with Crippen LogP contribution in [0.4, 0.5) is 10.1 Å². The minimum absolute atomic E-state index is 0.0955. The molecule has 0 radical (unpaired) electrons. The number of nitrogens with one attached hydrogen (secondary N) is 1. The van der Waals surface area contributed by atoms with Crippen molar-refractivity contribution in [3.63, 3.8) is 0 Å². The molecule has 4 nitrogen and oxygen atoms in total. The number of anilines is 1. The van der Waals surface area contributed by atoms with Gasteiger partial charge in [0.1, 0.15) is 11.4 Å². The van der Waals surface area contributed by atoms with Crippen molar-refractivity contribution in [2.75, 3.05) is 11.4 Å². The van der Waals surface area contributed by atoms with Gasteiger partial charge < -0.3 is 10.2 Å². The highest BCUT2D eigenvalue weighted by Crippen LogP contribution is 2.42. The Bertz CT molecular complexity index is 612. The SMILES string of the molecule is Cc1cc(N2CCC(=O)NC(C)(C3CC3)C2=O)ccc1F. The van der Waals surface area contributed by atoms with E-state index in [2.05, 4.69) is 5.32 Å². The van der Waals surface area contributed by atoms with Gasteiger partial charge in [-0.1, -0.05) is 0 Å². The Morgan fingerprint density at radius 1 is 1.33 bits per heavy atom. The number of benzene rings is 1. The van der Waals surface area contributed by atoms with Crippen LogP contribution in [0.3, 0.4) is 0 Å². The molecule has 1 saturated heterocycles. The van der Waals surface area contributed by atoms with Crippen molar-refractivity contribution in [3.8, 4) is 0 Å². The molecule has 1 aliphatic carbocycles. The second-order valence-electron chi connectivity index (χ2n) is 6.17. The first-order valence-corrected chi connectivity index (χ1v) is 7.31. The van der Waals surface area contributed by atoms with Crippen molar-refractivity contribution < 1.29 is 14.0 Å². The number of aryl methyl sites for hydroxylation is 1. The van der Waals surface area contributed by atoms with Crippen LogP contribution in [0.25, 0.3) is 0 Å². The van der Waals surface area contributed by atoms with Crippen LogP contribution in [0.1, 0.15) is 31.7 Å². The zero-order valence-corrected chi connectivity index (χ0v) is 12.3. The molecule has 1 aliphatic heterocycles. The van der Waals surface area contributed by atoms with Gasteiger partial charge in [0.15, 0.2) is 0 Å². The molecule has 1 aromatic rings. The molecule has 0 bridgehead atoms. The van der Waals surface area contributed by atoms with Crippen LogP contribution in [0.2, 0.25) is 0 Å². The van der Waals surface area contributed by atoms with E-state index in [-0.39, 0.29) is 30.0 Å². The van der Waals surface area contributed by atoms with E-state index in [0.29, 0.717) is 17.8 Å². The second-order valence-corrected chi connectivity index (χ2v) is 6.17. The summed E-state index contributed by atoms with van der Waals surface area (Å²) in [5.74, 6) is -0.280. The molecule has 1 heterocycles. The number of hydrogen-bond acceptors (Lipinski definition) is 2. The summed E-state index contributed by atoms with van der Waals surface area (Å²) in [4.78, 5) is 26.4. The number of amides is 2. The van der Waals surface area contributed by atoms with Gasteiger partial charge >= 0.3 is 0 Å². The predicted octanol–water partition coefficient (Wildman–Crippen LogP) is 2.16. The number of carbonyl (C=O) groups is 2. The minimum atomic E-state index is -0.837. The summed E-state index contributed by atoms with van der Waals surface area (Å²) >= 11 is 0. The number of rotatable bonds is 2. The summed E-state index contributed by atoms with van der Waals surface area (Å²) in [5, 5.41) is 2.89. The molecule has 1 saturated carbocycles. The smallest absolute Gasteiger partial charge is 0.252 e. The molecule has 1 atom stereocenters. The van der Waals surface area contributed by atoms with Crippen LogP contribution in [-0.2, 0) is 9.59 Å². The second kappa shape index (κ2) is 4.83. The first-order chi connectivity index (χ1) is 9.91. The largest absolute Gasteiger partial charge is 0.342 e. The Morgan fingerprint density at radius 3 is 2.67 bits per heavy atom. The van der Waals surface area contributed by atoms with E-state index in [1.807, 2.05) is 0 Å². The topological polar surface area (TPSA) is 49.4 Å². The predicted molar refractivity (Wildman–Crippen MR) is 77.4 cm³/mol. The number of halogens is 1. The quantitative estimate of drug-likeness (QED) is 0.907. The summed E-state index contributed by atoms with van der Waals surface area (Å²) in [5.41, 5.74) is 0.315. The average molecular weight is 290 g/mol. The van der Waals surface area contributed by atoms with E-state index in [9.17, 15) is 14.0 Å². The fourth-order valence-corrected chi connectivity index (χ4v) is 2.98. The molecular formula is C16H19FN2O2. The Balaban J connectivity index is 1.98. The molecule has 1 unspecified atom stereocenters. The standard InChI is InChI=1S/C16H19FN2O2/c1-10-9-12(5-6-13(10)17)19-8-7-14(20)18-16(2,15(19)21)11-3-4-11/h5-6,9,11H,3-4,7-8H2,1-2H3,(H,18,20). The Kier molecular flexibility index (Phi) is 3.23. The lowest BCUT2D eigenvalue weighted by atomic mass is 9.94. The molecule has 5 heteroatoms. The third-order valence-electron chi connectivity index (χ3n) is 4.50. The highest BCUT2D eigenvalue weighted by Gasteiger charge is 2.51. The zero-order chi connectivity index (χ0) is 15.2. The lowest BCUT2D eigenvalue weighted by Crippen LogP contribution is -2.56. The van der Waals surface area contributed by atoms with Crippen molar-refractivity contribution in [2.45, 2.75) is 38.6 Å². The third-order valence-corrected chi connectivity index (χ3v) is 4.50. The van der Waals surface area contributed by atoms with Crippen LogP contribution in [0, 0.1) is 18.7 Å². The Morgan fingerprint density at radius 2 is 2.05 bits per heavy atom. The van der Waals surface area contributed by atoms with Gasteiger partial charge in [-0.2, -0.15) is 0 Å².